The number of carbonyl (C=O) groups excluding carboxylic acids is 2. The van der Waals surface area contributed by atoms with Gasteiger partial charge in [-0.15, -0.1) is 11.3 Å². The normalized spacial score (nSPS) is 12.0. The highest BCUT2D eigenvalue weighted by Gasteiger charge is 2.18. The SMILES string of the molecule is Cc1c(C(=O)N[C@H](C)c2ccc(C(=O)NO)cc2)sc2ccccc12. The number of fused-ring (bicyclic) bond motifs is 1. The molecule has 0 bridgehead atoms. The van der Waals surface area contributed by atoms with Gasteiger partial charge in [0.25, 0.3) is 11.8 Å². The van der Waals surface area contributed by atoms with Crippen molar-refractivity contribution in [2.24, 2.45) is 0 Å². The molecule has 5 nitrogen and oxygen atoms in total. The predicted octanol–water partition coefficient (Wildman–Crippen LogP) is 3.82. The number of thiophene rings is 1. The first-order valence-electron chi connectivity index (χ1n) is 7.84. The number of hydrogen-bond donors (Lipinski definition) is 3. The Morgan fingerprint density at radius 2 is 1.72 bits per heavy atom. The molecule has 0 unspecified atom stereocenters. The molecule has 3 N–H and O–H groups in total. The monoisotopic (exact) mass is 354 g/mol. The summed E-state index contributed by atoms with van der Waals surface area (Å²) in [6.07, 6.45) is 0. The van der Waals surface area contributed by atoms with E-state index in [4.69, 9.17) is 5.21 Å². The zero-order valence-corrected chi connectivity index (χ0v) is 14.7. The summed E-state index contributed by atoms with van der Waals surface area (Å²) < 4.78 is 1.09. The highest BCUT2D eigenvalue weighted by atomic mass is 32.1. The molecule has 1 aromatic heterocycles. The van der Waals surface area contributed by atoms with Crippen LogP contribution < -0.4 is 10.8 Å². The molecule has 2 aromatic carbocycles. The molecule has 128 valence electrons. The van der Waals surface area contributed by atoms with Gasteiger partial charge < -0.3 is 5.32 Å². The Balaban J connectivity index is 1.77. The highest BCUT2D eigenvalue weighted by molar-refractivity contribution is 7.21. The highest BCUT2D eigenvalue weighted by Crippen LogP contribution is 2.30. The zero-order chi connectivity index (χ0) is 18.0. The number of hydrogen-bond acceptors (Lipinski definition) is 4. The van der Waals surface area contributed by atoms with Crippen LogP contribution in [0, 0.1) is 6.92 Å². The second-order valence-electron chi connectivity index (χ2n) is 5.81. The van der Waals surface area contributed by atoms with Crippen molar-refractivity contribution in [2.75, 3.05) is 0 Å². The number of carbonyl (C=O) groups is 2. The minimum absolute atomic E-state index is 0.108. The van der Waals surface area contributed by atoms with E-state index in [0.717, 1.165) is 21.2 Å². The Bertz CT molecular complexity index is 931. The Hall–Kier alpha value is -2.70. The van der Waals surface area contributed by atoms with Crippen LogP contribution in [-0.2, 0) is 0 Å². The molecule has 3 aromatic rings. The maximum absolute atomic E-state index is 12.6. The molecular weight excluding hydrogens is 336 g/mol. The van der Waals surface area contributed by atoms with E-state index in [2.05, 4.69) is 5.32 Å². The fourth-order valence-corrected chi connectivity index (χ4v) is 3.84. The second kappa shape index (κ2) is 7.04. The molecule has 25 heavy (non-hydrogen) atoms. The molecule has 0 aliphatic rings. The van der Waals surface area contributed by atoms with Crippen molar-refractivity contribution in [1.29, 1.82) is 0 Å². The third-order valence-corrected chi connectivity index (χ3v) is 5.44. The van der Waals surface area contributed by atoms with Crippen LogP contribution in [-0.4, -0.2) is 17.0 Å². The van der Waals surface area contributed by atoms with Gasteiger partial charge in [0, 0.05) is 10.3 Å². The van der Waals surface area contributed by atoms with Crippen LogP contribution in [0.5, 0.6) is 0 Å². The Morgan fingerprint density at radius 1 is 1.04 bits per heavy atom. The maximum Gasteiger partial charge on any atom is 0.274 e. The smallest absolute Gasteiger partial charge is 0.274 e. The summed E-state index contributed by atoms with van der Waals surface area (Å²) in [6, 6.07) is 14.5. The Labute approximate surface area is 149 Å². The van der Waals surface area contributed by atoms with Crippen LogP contribution in [0.15, 0.2) is 48.5 Å². The van der Waals surface area contributed by atoms with Crippen molar-refractivity contribution >= 4 is 33.2 Å². The summed E-state index contributed by atoms with van der Waals surface area (Å²) in [5.74, 6) is -0.674. The van der Waals surface area contributed by atoms with Gasteiger partial charge >= 0.3 is 0 Å². The fraction of sp³-hybridized carbons (Fsp3) is 0.158. The van der Waals surface area contributed by atoms with Crippen LogP contribution in [0.3, 0.4) is 0 Å². The molecule has 0 fully saturated rings. The fourth-order valence-electron chi connectivity index (χ4n) is 2.72. The minimum atomic E-state index is -0.566. The van der Waals surface area contributed by atoms with Gasteiger partial charge in [0.15, 0.2) is 0 Å². The van der Waals surface area contributed by atoms with Gasteiger partial charge in [0.2, 0.25) is 0 Å². The number of benzene rings is 2. The standard InChI is InChI=1S/C19H18N2O3S/c1-11-15-5-3-4-6-16(15)25-17(11)19(23)20-12(2)13-7-9-14(10-8-13)18(22)21-24/h3-10,12,24H,1-2H3,(H,20,23)(H,21,22)/t12-/m1/s1. The molecule has 0 radical (unpaired) electrons. The van der Waals surface area contributed by atoms with E-state index in [9.17, 15) is 9.59 Å². The predicted molar refractivity (Wildman–Crippen MR) is 98.1 cm³/mol. The van der Waals surface area contributed by atoms with Gasteiger partial charge in [0.05, 0.1) is 10.9 Å². The molecule has 0 spiro atoms. The van der Waals surface area contributed by atoms with Gasteiger partial charge in [-0.25, -0.2) is 5.48 Å². The molecule has 3 rings (SSSR count). The molecule has 0 saturated heterocycles. The van der Waals surface area contributed by atoms with Gasteiger partial charge in [-0.3, -0.25) is 14.8 Å². The topological polar surface area (TPSA) is 78.4 Å². The van der Waals surface area contributed by atoms with Crippen molar-refractivity contribution in [3.8, 4) is 0 Å². The summed E-state index contributed by atoms with van der Waals surface area (Å²) in [5, 5.41) is 12.7. The van der Waals surface area contributed by atoms with Crippen LogP contribution in [0.2, 0.25) is 0 Å². The largest absolute Gasteiger partial charge is 0.345 e. The summed E-state index contributed by atoms with van der Waals surface area (Å²) in [6.45, 7) is 3.85. The second-order valence-corrected chi connectivity index (χ2v) is 6.86. The van der Waals surface area contributed by atoms with E-state index in [1.54, 1.807) is 29.7 Å². The maximum atomic E-state index is 12.6. The molecule has 6 heteroatoms. The summed E-state index contributed by atoms with van der Waals surface area (Å²) in [7, 11) is 0. The van der Waals surface area contributed by atoms with Gasteiger partial charge in [-0.05, 0) is 48.6 Å². The van der Waals surface area contributed by atoms with E-state index in [0.29, 0.717) is 10.4 Å². The van der Waals surface area contributed by atoms with Crippen molar-refractivity contribution < 1.29 is 14.8 Å². The molecular formula is C19H18N2O3S. The molecule has 0 saturated carbocycles. The molecule has 0 aliphatic heterocycles. The number of aryl methyl sites for hydroxylation is 1. The lowest BCUT2D eigenvalue weighted by Crippen LogP contribution is -2.26. The van der Waals surface area contributed by atoms with Crippen molar-refractivity contribution in [1.82, 2.24) is 10.8 Å². The van der Waals surface area contributed by atoms with Crippen LogP contribution >= 0.6 is 11.3 Å². The summed E-state index contributed by atoms with van der Waals surface area (Å²) in [5.41, 5.74) is 3.81. The van der Waals surface area contributed by atoms with Crippen LogP contribution in [0.4, 0.5) is 0 Å². The van der Waals surface area contributed by atoms with Crippen molar-refractivity contribution in [2.45, 2.75) is 19.9 Å². The van der Waals surface area contributed by atoms with E-state index in [1.165, 1.54) is 11.3 Å². The first kappa shape index (κ1) is 17.1. The quantitative estimate of drug-likeness (QED) is 0.492. The minimum Gasteiger partial charge on any atom is -0.345 e. The summed E-state index contributed by atoms with van der Waals surface area (Å²) in [4.78, 5) is 24.7. The zero-order valence-electron chi connectivity index (χ0n) is 13.9. The first-order valence-corrected chi connectivity index (χ1v) is 8.66. The number of amides is 2. The van der Waals surface area contributed by atoms with Crippen LogP contribution in [0.25, 0.3) is 10.1 Å². The molecule has 2 amide bonds. The molecule has 1 atom stereocenters. The number of hydroxylamine groups is 1. The third-order valence-electron chi connectivity index (χ3n) is 4.17. The number of nitrogens with one attached hydrogen (secondary N) is 2. The average molecular weight is 354 g/mol. The van der Waals surface area contributed by atoms with Crippen molar-refractivity contribution in [3.63, 3.8) is 0 Å². The first-order chi connectivity index (χ1) is 12.0. The van der Waals surface area contributed by atoms with Crippen LogP contribution in [0.1, 0.15) is 44.1 Å². The number of rotatable bonds is 4. The van der Waals surface area contributed by atoms with E-state index in [-0.39, 0.29) is 11.9 Å². The lowest BCUT2D eigenvalue weighted by Gasteiger charge is -2.14. The Morgan fingerprint density at radius 3 is 2.36 bits per heavy atom. The third kappa shape index (κ3) is 3.40. The van der Waals surface area contributed by atoms with E-state index >= 15 is 0 Å². The average Bonchev–Trinajstić information content (AvgIpc) is 2.98. The lowest BCUT2D eigenvalue weighted by molar-refractivity contribution is 0.0706. The van der Waals surface area contributed by atoms with E-state index in [1.807, 2.05) is 38.1 Å². The molecule has 0 aliphatic carbocycles. The van der Waals surface area contributed by atoms with Crippen molar-refractivity contribution in [3.05, 3.63) is 70.1 Å². The lowest BCUT2D eigenvalue weighted by atomic mass is 10.1. The molecule has 1 heterocycles. The summed E-state index contributed by atoms with van der Waals surface area (Å²) >= 11 is 1.49. The Kier molecular flexibility index (Phi) is 4.83. The van der Waals surface area contributed by atoms with Gasteiger partial charge in [0.1, 0.15) is 0 Å². The van der Waals surface area contributed by atoms with E-state index < -0.39 is 5.91 Å². The van der Waals surface area contributed by atoms with Gasteiger partial charge in [-0.1, -0.05) is 30.3 Å². The van der Waals surface area contributed by atoms with Gasteiger partial charge in [-0.2, -0.15) is 0 Å².